The zero-order valence-corrected chi connectivity index (χ0v) is 3.88. The first kappa shape index (κ1) is 1.62. The summed E-state index contributed by atoms with van der Waals surface area (Å²) in [6.45, 7) is -5.19. The van der Waals surface area contributed by atoms with Crippen LogP contribution in [0, 0.1) is 0 Å². The fourth-order valence-electron chi connectivity index (χ4n) is 0. The lowest BCUT2D eigenvalue weighted by Gasteiger charge is -1.95. The number of halogens is 1. The summed E-state index contributed by atoms with van der Waals surface area (Å²) in [5, 5.41) is 0. The Labute approximate surface area is 52.9 Å². The largest absolute Gasteiger partial charge is 0.271 e. The van der Waals surface area contributed by atoms with E-state index in [4.69, 9.17) is 14.1 Å². The average molecular weight is 117 g/mol. The monoisotopic (exact) mass is 116 g/mol. The van der Waals surface area contributed by atoms with Crippen LogP contribution in [0.3, 0.4) is 0 Å². The van der Waals surface area contributed by atoms with Crippen molar-refractivity contribution in [1.82, 2.24) is 5.43 Å². The molecule has 2 nitrogen and oxygen atoms in total. The molecule has 0 spiro atoms. The lowest BCUT2D eigenvalue weighted by atomic mass is 10.4. The van der Waals surface area contributed by atoms with Gasteiger partial charge in [-0.3, -0.25) is 11.3 Å². The van der Waals surface area contributed by atoms with Crippen molar-refractivity contribution >= 4 is 12.4 Å². The lowest BCUT2D eigenvalue weighted by Crippen LogP contribution is -2.29. The van der Waals surface area contributed by atoms with E-state index < -0.39 is 19.7 Å². The molecule has 0 bridgehead atoms. The first-order valence-corrected chi connectivity index (χ1v) is 1.15. The Hall–Kier alpha value is 0.210. The summed E-state index contributed by atoms with van der Waals surface area (Å²) < 4.78 is 40.7. The number of hydrazine groups is 1. The highest BCUT2D eigenvalue weighted by molar-refractivity contribution is 5.85. The van der Waals surface area contributed by atoms with E-state index in [1.54, 1.807) is 5.43 Å². The average Bonchev–Trinajstić information content (AvgIpc) is 1.56. The molecule has 0 aromatic heterocycles. The van der Waals surface area contributed by atoms with Crippen LogP contribution in [0.15, 0.2) is 0 Å². The van der Waals surface area contributed by atoms with E-state index in [1.165, 1.54) is 0 Å². The smallest absolute Gasteiger partial charge is 0.0247 e. The third-order valence-corrected chi connectivity index (χ3v) is 0.167. The molecule has 0 aromatic carbocycles. The van der Waals surface area contributed by atoms with Crippen LogP contribution in [-0.4, -0.2) is 6.04 Å². The van der Waals surface area contributed by atoms with E-state index in [0.29, 0.717) is 0 Å². The van der Waals surface area contributed by atoms with Crippen molar-refractivity contribution in [3.63, 3.8) is 0 Å². The van der Waals surface area contributed by atoms with Gasteiger partial charge in [0.2, 0.25) is 0 Å². The summed E-state index contributed by atoms with van der Waals surface area (Å²) in [6, 6.07) is -1.66. The second kappa shape index (κ2) is 5.21. The molecule has 0 saturated heterocycles. The summed E-state index contributed by atoms with van der Waals surface area (Å²) in [5.74, 6) is 4.78. The van der Waals surface area contributed by atoms with E-state index in [0.717, 1.165) is 0 Å². The summed E-state index contributed by atoms with van der Waals surface area (Å²) >= 11 is 0. The van der Waals surface area contributed by atoms with Gasteiger partial charge in [-0.05, 0) is 13.7 Å². The molecule has 0 radical (unpaired) electrons. The van der Waals surface area contributed by atoms with Crippen molar-refractivity contribution in [2.75, 3.05) is 0 Å². The van der Waals surface area contributed by atoms with Crippen LogP contribution < -0.4 is 11.3 Å². The number of rotatable bonds is 1. The van der Waals surface area contributed by atoms with E-state index in [2.05, 4.69) is 0 Å². The van der Waals surface area contributed by atoms with Gasteiger partial charge in [0.1, 0.15) is 0 Å². The highest BCUT2D eigenvalue weighted by Gasteiger charge is 1.77. The Morgan fingerprint density at radius 3 is 2.33 bits per heavy atom. The second-order valence-corrected chi connectivity index (χ2v) is 0.600. The van der Waals surface area contributed by atoms with Gasteiger partial charge in [-0.25, -0.2) is 0 Å². The van der Waals surface area contributed by atoms with Crippen LogP contribution in [0.2, 0.25) is 0 Å². The number of hydrogen-bond donors (Lipinski definition) is 2. The molecule has 0 aromatic rings. The Morgan fingerprint density at radius 1 is 1.83 bits per heavy atom. The van der Waals surface area contributed by atoms with Gasteiger partial charge in [0.25, 0.3) is 0 Å². The molecule has 0 aliphatic rings. The van der Waals surface area contributed by atoms with Crippen molar-refractivity contribution in [2.24, 2.45) is 5.84 Å². The van der Waals surface area contributed by atoms with E-state index in [9.17, 15) is 0 Å². The summed E-state index contributed by atoms with van der Waals surface area (Å²) in [4.78, 5) is 0. The van der Waals surface area contributed by atoms with Crippen LogP contribution in [0.25, 0.3) is 0 Å². The standard InChI is InChI=1S/C3H10N2.ClH/c1-3(2)5-4;/h3,5H,4H2,1-2H3;1H/i1D3,2D3;. The maximum atomic E-state index is 6.78. The van der Waals surface area contributed by atoms with Gasteiger partial charge in [0, 0.05) is 14.3 Å². The molecule has 0 aliphatic carbocycles. The zero-order valence-electron chi connectivity index (χ0n) is 9.06. The van der Waals surface area contributed by atoms with Crippen molar-refractivity contribution < 1.29 is 8.22 Å². The Balaban J connectivity index is 0. The lowest BCUT2D eigenvalue weighted by molar-refractivity contribution is 0.617. The van der Waals surface area contributed by atoms with Gasteiger partial charge in [-0.15, -0.1) is 12.4 Å². The van der Waals surface area contributed by atoms with Crippen molar-refractivity contribution in [2.45, 2.75) is 19.7 Å². The van der Waals surface area contributed by atoms with Crippen molar-refractivity contribution in [3.05, 3.63) is 0 Å². The number of nitrogens with one attached hydrogen (secondary N) is 1. The molecule has 6 heavy (non-hydrogen) atoms. The van der Waals surface area contributed by atoms with Crippen LogP contribution in [0.4, 0.5) is 0 Å². The van der Waals surface area contributed by atoms with Crippen molar-refractivity contribution in [1.29, 1.82) is 0 Å². The van der Waals surface area contributed by atoms with Gasteiger partial charge < -0.3 is 0 Å². The molecule has 40 valence electrons. The predicted octanol–water partition coefficient (Wildman–Crippen LogP) is 0.280. The highest BCUT2D eigenvalue weighted by atomic mass is 35.5. The first-order chi connectivity index (χ1) is 4.69. The fraction of sp³-hybridized carbons (Fsp3) is 1.00. The Bertz CT molecular complexity index is 116. The summed E-state index contributed by atoms with van der Waals surface area (Å²) in [7, 11) is 0. The minimum atomic E-state index is -2.60. The molecule has 0 fully saturated rings. The molecular formula is C3H11ClN2. The normalized spacial score (nSPS) is 27.0. The molecule has 0 amide bonds. The van der Waals surface area contributed by atoms with Crippen LogP contribution in [-0.2, 0) is 0 Å². The zero-order chi connectivity index (χ0) is 9.28. The summed E-state index contributed by atoms with van der Waals surface area (Å²) in [6.07, 6.45) is 0. The number of nitrogens with two attached hydrogens (primary N) is 1. The Kier molecular flexibility index (Phi) is 1.40. The van der Waals surface area contributed by atoms with E-state index in [1.807, 2.05) is 0 Å². The van der Waals surface area contributed by atoms with Gasteiger partial charge >= 0.3 is 0 Å². The third-order valence-electron chi connectivity index (χ3n) is 0.167. The van der Waals surface area contributed by atoms with Gasteiger partial charge in [0.05, 0.1) is 0 Å². The van der Waals surface area contributed by atoms with Crippen molar-refractivity contribution in [3.8, 4) is 0 Å². The highest BCUT2D eigenvalue weighted by Crippen LogP contribution is 1.64. The first-order valence-electron chi connectivity index (χ1n) is 4.15. The molecule has 0 unspecified atom stereocenters. The SMILES string of the molecule is Cl.[2H]C([2H])([2H])C(NN)C([2H])([2H])[2H]. The molecule has 0 atom stereocenters. The molecule has 0 aliphatic heterocycles. The minimum absolute atomic E-state index is 0. The quantitative estimate of drug-likeness (QED) is 0.382. The predicted molar refractivity (Wildman–Crippen MR) is 29.7 cm³/mol. The maximum Gasteiger partial charge on any atom is 0.0247 e. The number of hydrogen-bond acceptors (Lipinski definition) is 2. The molecule has 0 rings (SSSR count). The fourth-order valence-corrected chi connectivity index (χ4v) is 0. The molecular weight excluding hydrogens is 99.5 g/mol. The topological polar surface area (TPSA) is 38.0 Å². The van der Waals surface area contributed by atoms with Crippen LogP contribution in [0.5, 0.6) is 0 Å². The van der Waals surface area contributed by atoms with E-state index in [-0.39, 0.29) is 12.4 Å². The molecule has 3 heteroatoms. The summed E-state index contributed by atoms with van der Waals surface area (Å²) in [5.41, 5.74) is 1.76. The molecule has 0 heterocycles. The van der Waals surface area contributed by atoms with Gasteiger partial charge in [-0.2, -0.15) is 0 Å². The third kappa shape index (κ3) is 8.88. The maximum absolute atomic E-state index is 6.78. The molecule has 3 N–H and O–H groups in total. The van der Waals surface area contributed by atoms with E-state index >= 15 is 0 Å². The van der Waals surface area contributed by atoms with Gasteiger partial charge in [-0.1, -0.05) is 0 Å². The minimum Gasteiger partial charge on any atom is -0.271 e. The van der Waals surface area contributed by atoms with Gasteiger partial charge in [0.15, 0.2) is 0 Å². The molecule has 0 saturated carbocycles. The van der Waals surface area contributed by atoms with Crippen LogP contribution >= 0.6 is 12.4 Å². The van der Waals surface area contributed by atoms with Crippen LogP contribution in [0.1, 0.15) is 21.9 Å². The Morgan fingerprint density at radius 2 is 2.33 bits per heavy atom. The second-order valence-electron chi connectivity index (χ2n) is 0.600.